The minimum Gasteiger partial charge on any atom is -0.492 e. The van der Waals surface area contributed by atoms with Gasteiger partial charge in [0.1, 0.15) is 49.1 Å². The Morgan fingerprint density at radius 3 is 2.62 bits per heavy atom. The van der Waals surface area contributed by atoms with E-state index in [1.165, 1.54) is 15.0 Å². The van der Waals surface area contributed by atoms with Crippen LogP contribution in [0.3, 0.4) is 0 Å². The Morgan fingerprint density at radius 1 is 1.00 bits per heavy atom. The third kappa shape index (κ3) is 3.92. The van der Waals surface area contributed by atoms with Crippen LogP contribution in [0.2, 0.25) is 0 Å². The molecule has 0 spiro atoms. The van der Waals surface area contributed by atoms with E-state index in [1.807, 2.05) is 30.3 Å². The molecule has 170 valence electrons. The third-order valence-corrected chi connectivity index (χ3v) is 7.45. The predicted octanol–water partition coefficient (Wildman–Crippen LogP) is 1.66. The summed E-state index contributed by atoms with van der Waals surface area (Å²) >= 11 is 1.74. The van der Waals surface area contributed by atoms with Gasteiger partial charge in [0.05, 0.1) is 0 Å². The summed E-state index contributed by atoms with van der Waals surface area (Å²) in [5.41, 5.74) is 1.62. The summed E-state index contributed by atoms with van der Waals surface area (Å²) in [6.07, 6.45) is -6.70. The number of benzene rings is 2. The highest BCUT2D eigenvalue weighted by molar-refractivity contribution is 7.19. The summed E-state index contributed by atoms with van der Waals surface area (Å²) in [6.45, 7) is 0.727. The number of nitrogens with zero attached hydrogens (tertiary/aromatic N) is 1. The van der Waals surface area contributed by atoms with E-state index in [0.717, 1.165) is 5.56 Å². The SMILES string of the molecule is CN1CCOc2ccc(Cc3cc4ccccc4s3)cc2C2O[C@H](C1O)[C@@H](O)[C@H](O)[C@H]2O. The van der Waals surface area contributed by atoms with Crippen molar-refractivity contribution in [3.8, 4) is 5.75 Å². The number of ether oxygens (including phenoxy) is 2. The van der Waals surface area contributed by atoms with Gasteiger partial charge in [-0.15, -0.1) is 11.3 Å². The molecule has 1 aromatic heterocycles. The minimum atomic E-state index is -1.46. The second kappa shape index (κ2) is 8.72. The Morgan fingerprint density at radius 2 is 1.81 bits per heavy atom. The van der Waals surface area contributed by atoms with Gasteiger partial charge < -0.3 is 29.9 Å². The molecule has 1 fully saturated rings. The Balaban J connectivity index is 1.51. The van der Waals surface area contributed by atoms with Crippen molar-refractivity contribution < 1.29 is 29.9 Å². The maximum atomic E-state index is 10.7. The Bertz CT molecular complexity index is 1070. The van der Waals surface area contributed by atoms with Crippen LogP contribution in [0.15, 0.2) is 48.5 Å². The molecule has 1 saturated heterocycles. The van der Waals surface area contributed by atoms with Crippen LogP contribution < -0.4 is 4.74 Å². The van der Waals surface area contributed by atoms with Crippen LogP contribution in [0, 0.1) is 0 Å². The molecule has 2 aliphatic rings. The summed E-state index contributed by atoms with van der Waals surface area (Å²) in [5, 5.41) is 43.5. The largest absolute Gasteiger partial charge is 0.492 e. The van der Waals surface area contributed by atoms with Crippen LogP contribution in [0.1, 0.15) is 22.1 Å². The number of thiophene rings is 1. The van der Waals surface area contributed by atoms with Crippen molar-refractivity contribution in [2.24, 2.45) is 0 Å². The molecular weight excluding hydrogens is 430 g/mol. The topological polar surface area (TPSA) is 103 Å². The van der Waals surface area contributed by atoms with Gasteiger partial charge in [-0.1, -0.05) is 24.3 Å². The van der Waals surface area contributed by atoms with Crippen molar-refractivity contribution in [3.63, 3.8) is 0 Å². The summed E-state index contributed by atoms with van der Waals surface area (Å²) in [4.78, 5) is 2.80. The molecule has 2 unspecified atom stereocenters. The number of hydrogen-bond donors (Lipinski definition) is 4. The molecule has 32 heavy (non-hydrogen) atoms. The van der Waals surface area contributed by atoms with Gasteiger partial charge >= 0.3 is 0 Å². The van der Waals surface area contributed by atoms with Gasteiger partial charge in [0.2, 0.25) is 0 Å². The molecule has 0 saturated carbocycles. The van der Waals surface area contributed by atoms with E-state index in [2.05, 4.69) is 18.2 Å². The number of likely N-dealkylation sites (N-methyl/N-ethyl adjacent to an activating group) is 1. The normalized spacial score (nSPS) is 31.2. The number of fused-ring (bicyclic) bond motifs is 5. The van der Waals surface area contributed by atoms with E-state index >= 15 is 0 Å². The summed E-state index contributed by atoms with van der Waals surface area (Å²) in [6, 6.07) is 16.2. The average Bonchev–Trinajstić information content (AvgIpc) is 3.20. The van der Waals surface area contributed by atoms with E-state index < -0.39 is 36.7 Å². The lowest BCUT2D eigenvalue weighted by atomic mass is 9.89. The number of rotatable bonds is 2. The second-order valence-corrected chi connectivity index (χ2v) is 9.70. The lowest BCUT2D eigenvalue weighted by Gasteiger charge is -2.45. The van der Waals surface area contributed by atoms with Crippen LogP contribution in [-0.2, 0) is 11.2 Å². The Kier molecular flexibility index (Phi) is 5.94. The van der Waals surface area contributed by atoms with Crippen molar-refractivity contribution in [1.82, 2.24) is 4.90 Å². The fourth-order valence-corrected chi connectivity index (χ4v) is 5.58. The average molecular weight is 458 g/mol. The van der Waals surface area contributed by atoms with Crippen LogP contribution in [-0.4, -0.2) is 76.2 Å². The van der Waals surface area contributed by atoms with Crippen LogP contribution in [0.25, 0.3) is 10.1 Å². The maximum absolute atomic E-state index is 10.7. The number of aliphatic hydroxyl groups is 4. The molecule has 6 atom stereocenters. The van der Waals surface area contributed by atoms with Gasteiger partial charge in [-0.2, -0.15) is 0 Å². The zero-order valence-corrected chi connectivity index (χ0v) is 18.5. The lowest BCUT2D eigenvalue weighted by molar-refractivity contribution is -0.262. The molecule has 4 N–H and O–H groups in total. The number of aliphatic hydroxyl groups excluding tert-OH is 4. The van der Waals surface area contributed by atoms with Gasteiger partial charge in [-0.25, -0.2) is 0 Å². The van der Waals surface area contributed by atoms with Crippen LogP contribution in [0.5, 0.6) is 5.75 Å². The molecule has 8 heteroatoms. The molecular formula is C24H27NO6S. The quantitative estimate of drug-likeness (QED) is 0.464. The second-order valence-electron chi connectivity index (χ2n) is 8.54. The van der Waals surface area contributed by atoms with Gasteiger partial charge in [0, 0.05) is 28.1 Å². The maximum Gasteiger partial charge on any atom is 0.136 e. The predicted molar refractivity (Wildman–Crippen MR) is 121 cm³/mol. The van der Waals surface area contributed by atoms with Crippen molar-refractivity contribution in [3.05, 3.63) is 64.5 Å². The van der Waals surface area contributed by atoms with E-state index in [1.54, 1.807) is 23.3 Å². The molecule has 7 nitrogen and oxygen atoms in total. The molecule has 2 aliphatic heterocycles. The highest BCUT2D eigenvalue weighted by Crippen LogP contribution is 2.39. The Hall–Kier alpha value is -2.04. The molecule has 0 aliphatic carbocycles. The summed E-state index contributed by atoms with van der Waals surface area (Å²) in [5.74, 6) is 0.557. The monoisotopic (exact) mass is 457 g/mol. The van der Waals surface area contributed by atoms with Gasteiger partial charge in [0.15, 0.2) is 0 Å². The lowest BCUT2D eigenvalue weighted by Crippen LogP contribution is -2.61. The van der Waals surface area contributed by atoms with Crippen molar-refractivity contribution in [2.75, 3.05) is 20.2 Å². The highest BCUT2D eigenvalue weighted by Gasteiger charge is 2.48. The van der Waals surface area contributed by atoms with E-state index in [9.17, 15) is 20.4 Å². The van der Waals surface area contributed by atoms with Crippen LogP contribution >= 0.6 is 11.3 Å². The van der Waals surface area contributed by atoms with Gasteiger partial charge in [0.25, 0.3) is 0 Å². The summed E-state index contributed by atoms with van der Waals surface area (Å²) in [7, 11) is 1.69. The molecule has 2 bridgehead atoms. The molecule has 0 radical (unpaired) electrons. The standard InChI is InChI=1S/C24H27NO6S/c1-25-8-9-30-17-7-6-13(10-15-12-14-4-2-3-5-18(14)32-15)11-16(17)22-20(27)19(26)21(28)23(31-22)24(25)29/h2-7,11-12,19-24,26-29H,8-10H2,1H3/t19-,20-,21+,22?,23+,24?/m1/s1. The summed E-state index contributed by atoms with van der Waals surface area (Å²) < 4.78 is 13.2. The molecule has 5 rings (SSSR count). The smallest absolute Gasteiger partial charge is 0.136 e. The fourth-order valence-electron chi connectivity index (χ4n) is 4.48. The zero-order valence-electron chi connectivity index (χ0n) is 17.7. The van der Waals surface area contributed by atoms with Gasteiger partial charge in [-0.05, 0) is 42.3 Å². The van der Waals surface area contributed by atoms with E-state index in [4.69, 9.17) is 9.47 Å². The molecule has 3 heterocycles. The van der Waals surface area contributed by atoms with E-state index in [-0.39, 0.29) is 0 Å². The first-order valence-electron chi connectivity index (χ1n) is 10.7. The molecule has 3 aromatic rings. The van der Waals surface area contributed by atoms with Crippen molar-refractivity contribution in [2.45, 2.75) is 43.2 Å². The Labute approximate surface area is 190 Å². The molecule has 2 aromatic carbocycles. The fraction of sp³-hybridized carbons (Fsp3) is 0.417. The first-order valence-corrected chi connectivity index (χ1v) is 11.5. The third-order valence-electron chi connectivity index (χ3n) is 6.33. The highest BCUT2D eigenvalue weighted by atomic mass is 32.1. The minimum absolute atomic E-state index is 0.324. The van der Waals surface area contributed by atoms with Crippen molar-refractivity contribution >= 4 is 21.4 Å². The van der Waals surface area contributed by atoms with E-state index in [0.29, 0.717) is 30.9 Å². The van der Waals surface area contributed by atoms with Gasteiger partial charge in [-0.3, -0.25) is 4.90 Å². The zero-order chi connectivity index (χ0) is 22.4. The molecule has 0 amide bonds. The first kappa shape index (κ1) is 21.8. The number of hydrogen-bond acceptors (Lipinski definition) is 8. The van der Waals surface area contributed by atoms with Crippen LogP contribution in [0.4, 0.5) is 0 Å². The van der Waals surface area contributed by atoms with Crippen molar-refractivity contribution in [1.29, 1.82) is 0 Å². The first-order chi connectivity index (χ1) is 15.4.